The van der Waals surface area contributed by atoms with Gasteiger partial charge >= 0.3 is 0 Å². The molecule has 0 saturated carbocycles. The van der Waals surface area contributed by atoms with Crippen molar-refractivity contribution >= 4 is 40.5 Å². The molecule has 0 amide bonds. The number of nitrogens with zero attached hydrogens (tertiary/aromatic N) is 2. The van der Waals surface area contributed by atoms with Crippen LogP contribution in [0.5, 0.6) is 0 Å². The molecule has 0 aliphatic carbocycles. The Morgan fingerprint density at radius 2 is 1.67 bits per heavy atom. The fraction of sp³-hybridized carbons (Fsp3) is 0.273. The number of nitrogens with two attached hydrogens (primary N) is 1. The second-order valence-corrected chi connectivity index (χ2v) is 6.90. The predicted octanol–water partition coefficient (Wildman–Crippen LogP) is 5.38. The van der Waals surface area contributed by atoms with Crippen LogP contribution < -0.4 is 11.1 Å². The first-order chi connectivity index (χ1) is 13.3. The number of rotatable bonds is 9. The van der Waals surface area contributed by atoms with Crippen LogP contribution in [0.1, 0.15) is 37.1 Å². The molecule has 3 rings (SSSR count). The molecule has 1 aromatic heterocycles. The number of anilines is 1. The molecule has 0 aliphatic heterocycles. The molecule has 2 aromatic carbocycles. The van der Waals surface area contributed by atoms with Gasteiger partial charge < -0.3 is 11.1 Å². The van der Waals surface area contributed by atoms with Crippen molar-refractivity contribution in [3.05, 3.63) is 64.9 Å². The second-order valence-electron chi connectivity index (χ2n) is 6.46. The Balaban J connectivity index is 1.75. The van der Waals surface area contributed by atoms with Crippen LogP contribution in [0.4, 0.5) is 5.82 Å². The van der Waals surface area contributed by atoms with E-state index >= 15 is 0 Å². The van der Waals surface area contributed by atoms with Gasteiger partial charge in [-0.25, -0.2) is 9.97 Å². The lowest BCUT2D eigenvalue weighted by Crippen LogP contribution is -2.06. The molecular weight excluding hydrogens is 356 g/mol. The minimum atomic E-state index is 0.689. The van der Waals surface area contributed by atoms with E-state index in [1.54, 1.807) is 0 Å². The first-order valence-electron chi connectivity index (χ1n) is 9.40. The molecule has 140 valence electrons. The van der Waals surface area contributed by atoms with Gasteiger partial charge in [-0.2, -0.15) is 0 Å². The number of para-hydroxylation sites is 1. The van der Waals surface area contributed by atoms with E-state index in [0.29, 0.717) is 5.82 Å². The molecule has 1 heterocycles. The molecule has 3 N–H and O–H groups in total. The number of benzene rings is 2. The van der Waals surface area contributed by atoms with Crippen LogP contribution in [-0.2, 0) is 0 Å². The highest BCUT2D eigenvalue weighted by Crippen LogP contribution is 2.21. The lowest BCUT2D eigenvalue weighted by atomic mass is 10.2. The summed E-state index contributed by atoms with van der Waals surface area (Å²) < 4.78 is 0. The molecule has 0 unspecified atom stereocenters. The first kappa shape index (κ1) is 19.3. The summed E-state index contributed by atoms with van der Waals surface area (Å²) in [4.78, 5) is 9.37. The Morgan fingerprint density at radius 1 is 0.889 bits per heavy atom. The zero-order chi connectivity index (χ0) is 18.9. The average Bonchev–Trinajstić information content (AvgIpc) is 2.70. The smallest absolute Gasteiger partial charge is 0.154 e. The third kappa shape index (κ3) is 5.78. The van der Waals surface area contributed by atoms with Gasteiger partial charge in [-0.05, 0) is 55.3 Å². The molecule has 4 nitrogen and oxygen atoms in total. The lowest BCUT2D eigenvalue weighted by Gasteiger charge is -2.09. The van der Waals surface area contributed by atoms with E-state index in [1.807, 2.05) is 54.6 Å². The van der Waals surface area contributed by atoms with Gasteiger partial charge in [0.2, 0.25) is 0 Å². The summed E-state index contributed by atoms with van der Waals surface area (Å²) >= 11 is 5.94. The van der Waals surface area contributed by atoms with E-state index in [0.717, 1.165) is 53.2 Å². The van der Waals surface area contributed by atoms with Gasteiger partial charge in [0.25, 0.3) is 0 Å². The summed E-state index contributed by atoms with van der Waals surface area (Å²) in [6.45, 7) is 1.67. The van der Waals surface area contributed by atoms with Crippen molar-refractivity contribution in [2.75, 3.05) is 18.4 Å². The SMILES string of the molecule is NCCCCCCNc1nc(/C=C/c2ccc(Cl)cc2)nc2ccccc12. The van der Waals surface area contributed by atoms with Gasteiger partial charge in [0.1, 0.15) is 5.82 Å². The van der Waals surface area contributed by atoms with E-state index in [-0.39, 0.29) is 0 Å². The number of hydrogen-bond acceptors (Lipinski definition) is 4. The Morgan fingerprint density at radius 3 is 2.48 bits per heavy atom. The van der Waals surface area contributed by atoms with Crippen LogP contribution in [0.2, 0.25) is 5.02 Å². The van der Waals surface area contributed by atoms with Gasteiger partial charge in [-0.15, -0.1) is 0 Å². The predicted molar refractivity (Wildman–Crippen MR) is 116 cm³/mol. The zero-order valence-corrected chi connectivity index (χ0v) is 16.1. The summed E-state index contributed by atoms with van der Waals surface area (Å²) in [7, 11) is 0. The first-order valence-corrected chi connectivity index (χ1v) is 9.78. The molecule has 0 bridgehead atoms. The number of hydrogen-bond donors (Lipinski definition) is 2. The normalized spacial score (nSPS) is 11.3. The minimum absolute atomic E-state index is 0.689. The molecule has 0 aliphatic rings. The van der Waals surface area contributed by atoms with Gasteiger partial charge in [0.15, 0.2) is 5.82 Å². The molecule has 0 fully saturated rings. The molecule has 5 heteroatoms. The van der Waals surface area contributed by atoms with E-state index in [2.05, 4.69) is 16.4 Å². The van der Waals surface area contributed by atoms with Crippen molar-refractivity contribution in [2.24, 2.45) is 5.73 Å². The maximum Gasteiger partial charge on any atom is 0.154 e. The monoisotopic (exact) mass is 380 g/mol. The van der Waals surface area contributed by atoms with Gasteiger partial charge in [-0.3, -0.25) is 0 Å². The quantitative estimate of drug-likeness (QED) is 0.489. The fourth-order valence-corrected chi connectivity index (χ4v) is 3.00. The van der Waals surface area contributed by atoms with Crippen molar-refractivity contribution in [1.29, 1.82) is 0 Å². The van der Waals surface area contributed by atoms with E-state index in [4.69, 9.17) is 22.3 Å². The highest BCUT2D eigenvalue weighted by molar-refractivity contribution is 6.30. The van der Waals surface area contributed by atoms with Crippen LogP contribution in [0, 0.1) is 0 Å². The molecular formula is C22H25ClN4. The largest absolute Gasteiger partial charge is 0.369 e. The number of unbranched alkanes of at least 4 members (excludes halogenated alkanes) is 3. The van der Waals surface area contributed by atoms with Crippen molar-refractivity contribution < 1.29 is 0 Å². The van der Waals surface area contributed by atoms with Gasteiger partial charge in [0.05, 0.1) is 5.52 Å². The fourth-order valence-electron chi connectivity index (χ4n) is 2.88. The van der Waals surface area contributed by atoms with E-state index < -0.39 is 0 Å². The van der Waals surface area contributed by atoms with E-state index in [1.165, 1.54) is 12.8 Å². The molecule has 0 saturated heterocycles. The van der Waals surface area contributed by atoms with Gasteiger partial charge in [-0.1, -0.05) is 54.8 Å². The molecule has 0 radical (unpaired) electrons. The number of halogens is 1. The third-order valence-corrected chi connectivity index (χ3v) is 4.59. The van der Waals surface area contributed by atoms with Crippen molar-refractivity contribution in [3.63, 3.8) is 0 Å². The summed E-state index contributed by atoms with van der Waals surface area (Å²) in [5.74, 6) is 1.57. The van der Waals surface area contributed by atoms with Crippen LogP contribution in [0.3, 0.4) is 0 Å². The Kier molecular flexibility index (Phi) is 7.19. The van der Waals surface area contributed by atoms with E-state index in [9.17, 15) is 0 Å². The third-order valence-electron chi connectivity index (χ3n) is 4.34. The Hall–Kier alpha value is -2.43. The summed E-state index contributed by atoms with van der Waals surface area (Å²) in [5, 5.41) is 5.25. The zero-order valence-electron chi connectivity index (χ0n) is 15.4. The number of aromatic nitrogens is 2. The minimum Gasteiger partial charge on any atom is -0.369 e. The maximum absolute atomic E-state index is 5.94. The maximum atomic E-state index is 5.94. The summed E-state index contributed by atoms with van der Waals surface area (Å²) in [5.41, 5.74) is 7.54. The van der Waals surface area contributed by atoms with Crippen molar-refractivity contribution in [2.45, 2.75) is 25.7 Å². The number of fused-ring (bicyclic) bond motifs is 1. The van der Waals surface area contributed by atoms with Gasteiger partial charge in [0, 0.05) is 17.0 Å². The van der Waals surface area contributed by atoms with Crippen molar-refractivity contribution in [1.82, 2.24) is 9.97 Å². The van der Waals surface area contributed by atoms with Crippen LogP contribution >= 0.6 is 11.6 Å². The average molecular weight is 381 g/mol. The van der Waals surface area contributed by atoms with Crippen LogP contribution in [-0.4, -0.2) is 23.1 Å². The molecule has 27 heavy (non-hydrogen) atoms. The topological polar surface area (TPSA) is 63.8 Å². The highest BCUT2D eigenvalue weighted by Gasteiger charge is 2.05. The van der Waals surface area contributed by atoms with Crippen LogP contribution in [0.25, 0.3) is 23.1 Å². The van der Waals surface area contributed by atoms with Crippen LogP contribution in [0.15, 0.2) is 48.5 Å². The standard InChI is InChI=1S/C22H25ClN4/c23-18-12-9-17(10-13-18)11-14-21-26-20-8-4-3-7-19(20)22(27-21)25-16-6-2-1-5-15-24/h3-4,7-14H,1-2,5-6,15-16,24H2,(H,25,26,27)/b14-11+. The second kappa shape index (κ2) is 10.0. The Labute approximate surface area is 165 Å². The lowest BCUT2D eigenvalue weighted by molar-refractivity contribution is 0.661. The Bertz CT molecular complexity index is 890. The number of nitrogens with one attached hydrogen (secondary N) is 1. The van der Waals surface area contributed by atoms with Crippen molar-refractivity contribution in [3.8, 4) is 0 Å². The highest BCUT2D eigenvalue weighted by atomic mass is 35.5. The molecule has 0 spiro atoms. The summed E-state index contributed by atoms with van der Waals surface area (Å²) in [6.07, 6.45) is 8.48. The molecule has 0 atom stereocenters. The molecule has 3 aromatic rings. The summed E-state index contributed by atoms with van der Waals surface area (Å²) in [6, 6.07) is 15.8.